The van der Waals surface area contributed by atoms with E-state index < -0.39 is 0 Å². The molecule has 28 heavy (non-hydrogen) atoms. The molecule has 0 amide bonds. The van der Waals surface area contributed by atoms with Gasteiger partial charge in [0.15, 0.2) is 0 Å². The van der Waals surface area contributed by atoms with E-state index in [1.807, 2.05) is 35.1 Å². The maximum Gasteiger partial charge on any atom is 0.136 e. The summed E-state index contributed by atoms with van der Waals surface area (Å²) in [5.41, 5.74) is 2.91. The molecule has 4 aromatic rings. The van der Waals surface area contributed by atoms with Crippen LogP contribution < -0.4 is 4.74 Å². The molecule has 3 aromatic heterocycles. The van der Waals surface area contributed by atoms with Crippen molar-refractivity contribution in [2.45, 2.75) is 13.2 Å². The van der Waals surface area contributed by atoms with Crippen LogP contribution in [0.5, 0.6) is 5.75 Å². The number of aromatic nitrogens is 3. The van der Waals surface area contributed by atoms with E-state index in [1.54, 1.807) is 25.6 Å². The van der Waals surface area contributed by atoms with Gasteiger partial charge in [-0.1, -0.05) is 0 Å². The van der Waals surface area contributed by atoms with Gasteiger partial charge < -0.3 is 13.9 Å². The molecule has 0 aliphatic heterocycles. The zero-order chi connectivity index (χ0) is 19.3. The molecule has 0 saturated heterocycles. The van der Waals surface area contributed by atoms with Crippen molar-refractivity contribution in [3.05, 3.63) is 66.2 Å². The van der Waals surface area contributed by atoms with Gasteiger partial charge in [0.05, 0.1) is 24.9 Å². The Morgan fingerprint density at radius 2 is 2.14 bits per heavy atom. The van der Waals surface area contributed by atoms with Crippen LogP contribution in [0.4, 0.5) is 0 Å². The lowest BCUT2D eigenvalue weighted by Crippen LogP contribution is -2.04. The van der Waals surface area contributed by atoms with Gasteiger partial charge >= 0.3 is 0 Å². The number of hydrogen-bond donors (Lipinski definition) is 0. The Bertz CT molecular complexity index is 1140. The normalized spacial score (nSPS) is 10.9. The highest BCUT2D eigenvalue weighted by atomic mass is 16.5. The van der Waals surface area contributed by atoms with Crippen molar-refractivity contribution < 1.29 is 13.9 Å². The summed E-state index contributed by atoms with van der Waals surface area (Å²) in [5, 5.41) is 14.4. The summed E-state index contributed by atoms with van der Waals surface area (Å²) >= 11 is 0. The molecule has 1 aromatic carbocycles. The van der Waals surface area contributed by atoms with E-state index in [0.29, 0.717) is 31.1 Å². The highest BCUT2D eigenvalue weighted by Crippen LogP contribution is 2.31. The number of benzene rings is 1. The Labute approximate surface area is 161 Å². The van der Waals surface area contributed by atoms with E-state index in [-0.39, 0.29) is 0 Å². The molecular formula is C21H18N4O3. The Kier molecular flexibility index (Phi) is 5.04. The maximum atomic E-state index is 9.26. The predicted octanol–water partition coefficient (Wildman–Crippen LogP) is 3.79. The summed E-state index contributed by atoms with van der Waals surface area (Å²) in [7, 11) is 1.67. The number of pyridine rings is 1. The van der Waals surface area contributed by atoms with Crippen LogP contribution in [-0.4, -0.2) is 28.5 Å². The third-order valence-electron chi connectivity index (χ3n) is 4.31. The average Bonchev–Trinajstić information content (AvgIpc) is 3.37. The molecule has 0 unspecified atom stereocenters. The van der Waals surface area contributed by atoms with Crippen LogP contribution in [0.15, 0.2) is 59.5 Å². The van der Waals surface area contributed by atoms with Gasteiger partial charge in [-0.05, 0) is 30.3 Å². The van der Waals surface area contributed by atoms with Crippen molar-refractivity contribution in [3.8, 4) is 23.1 Å². The van der Waals surface area contributed by atoms with Crippen molar-refractivity contribution in [1.29, 1.82) is 5.26 Å². The largest absolute Gasteiger partial charge is 0.489 e. The maximum absolute atomic E-state index is 9.26. The Morgan fingerprint density at radius 3 is 3.00 bits per heavy atom. The highest BCUT2D eigenvalue weighted by Gasteiger charge is 2.11. The van der Waals surface area contributed by atoms with Crippen LogP contribution in [0.25, 0.3) is 22.3 Å². The standard InChI is InChI=1S/C21H18N4O3/c1-26-7-6-25-13-15(11-24-25)14-27-18-2-3-20-16(8-18)9-21(28-20)19-4-5-23-12-17(19)10-22/h2-5,8-9,11-13H,6-7,14H2,1H3. The minimum Gasteiger partial charge on any atom is -0.489 e. The second kappa shape index (κ2) is 7.94. The third kappa shape index (κ3) is 3.72. The van der Waals surface area contributed by atoms with E-state index >= 15 is 0 Å². The summed E-state index contributed by atoms with van der Waals surface area (Å²) in [6, 6.07) is 11.5. The second-order valence-corrected chi connectivity index (χ2v) is 6.24. The van der Waals surface area contributed by atoms with Crippen molar-refractivity contribution >= 4 is 11.0 Å². The zero-order valence-corrected chi connectivity index (χ0v) is 15.3. The smallest absolute Gasteiger partial charge is 0.136 e. The van der Waals surface area contributed by atoms with Gasteiger partial charge in [-0.2, -0.15) is 10.4 Å². The Morgan fingerprint density at radius 1 is 1.21 bits per heavy atom. The minimum absolute atomic E-state index is 0.423. The number of furan rings is 1. The van der Waals surface area contributed by atoms with Crippen LogP contribution in [-0.2, 0) is 17.9 Å². The molecule has 0 spiro atoms. The fourth-order valence-corrected chi connectivity index (χ4v) is 2.90. The van der Waals surface area contributed by atoms with Crippen LogP contribution in [0.3, 0.4) is 0 Å². The van der Waals surface area contributed by atoms with Crippen molar-refractivity contribution in [2.24, 2.45) is 0 Å². The number of nitriles is 1. The van der Waals surface area contributed by atoms with Gasteiger partial charge in [0.25, 0.3) is 0 Å². The average molecular weight is 374 g/mol. The monoisotopic (exact) mass is 374 g/mol. The summed E-state index contributed by atoms with van der Waals surface area (Å²) < 4.78 is 18.7. The molecule has 7 heteroatoms. The molecule has 4 rings (SSSR count). The molecule has 0 aliphatic rings. The zero-order valence-electron chi connectivity index (χ0n) is 15.3. The summed E-state index contributed by atoms with van der Waals surface area (Å²) in [5.74, 6) is 1.37. The van der Waals surface area contributed by atoms with Crippen LogP contribution in [0.2, 0.25) is 0 Å². The first-order valence-corrected chi connectivity index (χ1v) is 8.78. The fourth-order valence-electron chi connectivity index (χ4n) is 2.90. The molecule has 0 saturated carbocycles. The lowest BCUT2D eigenvalue weighted by molar-refractivity contribution is 0.183. The molecule has 0 fully saturated rings. The van der Waals surface area contributed by atoms with Crippen LogP contribution in [0.1, 0.15) is 11.1 Å². The van der Waals surface area contributed by atoms with Gasteiger partial charge in [-0.15, -0.1) is 0 Å². The molecule has 3 heterocycles. The first-order chi connectivity index (χ1) is 13.8. The van der Waals surface area contributed by atoms with E-state index in [9.17, 15) is 5.26 Å². The predicted molar refractivity (Wildman–Crippen MR) is 103 cm³/mol. The molecule has 0 aliphatic carbocycles. The number of rotatable bonds is 7. The van der Waals surface area contributed by atoms with E-state index in [2.05, 4.69) is 16.2 Å². The summed E-state index contributed by atoms with van der Waals surface area (Å²) in [6.45, 7) is 1.75. The Hall–Kier alpha value is -3.63. The van der Waals surface area contributed by atoms with Gasteiger partial charge in [-0.3, -0.25) is 9.67 Å². The minimum atomic E-state index is 0.423. The molecule has 0 radical (unpaired) electrons. The SMILES string of the molecule is COCCn1cc(COc2ccc3oc(-c4ccncc4C#N)cc3c2)cn1. The Balaban J connectivity index is 1.50. The third-order valence-corrected chi connectivity index (χ3v) is 4.31. The second-order valence-electron chi connectivity index (χ2n) is 6.24. The van der Waals surface area contributed by atoms with E-state index in [4.69, 9.17) is 13.9 Å². The molecule has 0 bridgehead atoms. The summed E-state index contributed by atoms with van der Waals surface area (Å²) in [4.78, 5) is 3.98. The van der Waals surface area contributed by atoms with Gasteiger partial charge in [0.1, 0.15) is 29.8 Å². The number of nitrogens with zero attached hydrogens (tertiary/aromatic N) is 4. The van der Waals surface area contributed by atoms with Crippen molar-refractivity contribution in [2.75, 3.05) is 13.7 Å². The lowest BCUT2D eigenvalue weighted by Gasteiger charge is -2.04. The van der Waals surface area contributed by atoms with Crippen molar-refractivity contribution in [3.63, 3.8) is 0 Å². The molecule has 0 atom stereocenters. The molecular weight excluding hydrogens is 356 g/mol. The molecule has 0 N–H and O–H groups in total. The quantitative estimate of drug-likeness (QED) is 0.489. The number of fused-ring (bicyclic) bond motifs is 1. The van der Waals surface area contributed by atoms with E-state index in [1.165, 1.54) is 6.20 Å². The number of hydrogen-bond acceptors (Lipinski definition) is 6. The topological polar surface area (TPSA) is 86.1 Å². The first kappa shape index (κ1) is 17.8. The van der Waals surface area contributed by atoms with Gasteiger partial charge in [-0.25, -0.2) is 0 Å². The number of methoxy groups -OCH3 is 1. The molecule has 7 nitrogen and oxygen atoms in total. The van der Waals surface area contributed by atoms with Crippen LogP contribution >= 0.6 is 0 Å². The van der Waals surface area contributed by atoms with Crippen molar-refractivity contribution in [1.82, 2.24) is 14.8 Å². The van der Waals surface area contributed by atoms with E-state index in [0.717, 1.165) is 27.8 Å². The first-order valence-electron chi connectivity index (χ1n) is 8.78. The van der Waals surface area contributed by atoms with Crippen LogP contribution in [0, 0.1) is 11.3 Å². The highest BCUT2D eigenvalue weighted by molar-refractivity contribution is 5.85. The molecule has 140 valence electrons. The fraction of sp³-hybridized carbons (Fsp3) is 0.190. The van der Waals surface area contributed by atoms with Gasteiger partial charge in [0, 0.05) is 42.2 Å². The summed E-state index contributed by atoms with van der Waals surface area (Å²) in [6.07, 6.45) is 6.91. The van der Waals surface area contributed by atoms with Gasteiger partial charge in [0.2, 0.25) is 0 Å². The number of ether oxygens (including phenoxy) is 2. The lowest BCUT2D eigenvalue weighted by atomic mass is 10.1.